The summed E-state index contributed by atoms with van der Waals surface area (Å²) < 4.78 is 27.7. The first-order valence-electron chi connectivity index (χ1n) is 7.66. The third kappa shape index (κ3) is 4.52. The van der Waals surface area contributed by atoms with Crippen molar-refractivity contribution in [2.45, 2.75) is 51.0 Å². The molecule has 21 heavy (non-hydrogen) atoms. The Labute approximate surface area is 132 Å². The van der Waals surface area contributed by atoms with Gasteiger partial charge in [0.2, 0.25) is 10.0 Å². The van der Waals surface area contributed by atoms with Crippen molar-refractivity contribution < 1.29 is 8.42 Å². The summed E-state index contributed by atoms with van der Waals surface area (Å²) in [5, 5.41) is 3.06. The van der Waals surface area contributed by atoms with Crippen LogP contribution in [0.15, 0.2) is 11.0 Å². The average molecular weight is 331 g/mol. The second kappa shape index (κ2) is 7.22. The highest BCUT2D eigenvalue weighted by molar-refractivity contribution is 7.89. The van der Waals surface area contributed by atoms with E-state index in [1.807, 2.05) is 14.0 Å². The van der Waals surface area contributed by atoms with Crippen LogP contribution < -0.4 is 10.0 Å². The van der Waals surface area contributed by atoms with Crippen LogP contribution in [0.2, 0.25) is 0 Å². The maximum absolute atomic E-state index is 12.5. The zero-order valence-electron chi connectivity index (χ0n) is 13.1. The zero-order valence-corrected chi connectivity index (χ0v) is 14.7. The van der Waals surface area contributed by atoms with Crippen molar-refractivity contribution in [3.8, 4) is 0 Å². The van der Waals surface area contributed by atoms with Crippen molar-refractivity contribution in [1.29, 1.82) is 0 Å². The monoisotopic (exact) mass is 330 g/mol. The van der Waals surface area contributed by atoms with Crippen LogP contribution in [-0.2, 0) is 16.6 Å². The molecule has 120 valence electrons. The van der Waals surface area contributed by atoms with Gasteiger partial charge in [0.1, 0.15) is 0 Å². The van der Waals surface area contributed by atoms with Crippen LogP contribution in [0.1, 0.15) is 42.4 Å². The van der Waals surface area contributed by atoms with Gasteiger partial charge in [-0.05, 0) is 44.7 Å². The normalized spacial score (nSPS) is 23.4. The number of thiophene rings is 1. The van der Waals surface area contributed by atoms with Gasteiger partial charge >= 0.3 is 0 Å². The van der Waals surface area contributed by atoms with E-state index in [1.54, 1.807) is 17.4 Å². The maximum Gasteiger partial charge on any atom is 0.241 e. The van der Waals surface area contributed by atoms with E-state index in [2.05, 4.69) is 17.0 Å². The van der Waals surface area contributed by atoms with Gasteiger partial charge in [-0.1, -0.05) is 19.8 Å². The minimum absolute atomic E-state index is 0.446. The van der Waals surface area contributed by atoms with Gasteiger partial charge in [-0.2, -0.15) is 0 Å². The van der Waals surface area contributed by atoms with Crippen molar-refractivity contribution >= 4 is 21.4 Å². The molecule has 1 aromatic rings. The molecule has 1 aliphatic rings. The van der Waals surface area contributed by atoms with Crippen LogP contribution in [0.3, 0.4) is 0 Å². The number of aryl methyl sites for hydroxylation is 1. The lowest BCUT2D eigenvalue weighted by molar-refractivity contribution is 0.290. The van der Waals surface area contributed by atoms with Gasteiger partial charge < -0.3 is 5.32 Å². The van der Waals surface area contributed by atoms with E-state index in [0.717, 1.165) is 28.5 Å². The molecule has 1 heterocycles. The Balaban J connectivity index is 1.98. The van der Waals surface area contributed by atoms with Crippen molar-refractivity contribution in [2.24, 2.45) is 11.8 Å². The number of rotatable bonds is 6. The fourth-order valence-electron chi connectivity index (χ4n) is 2.89. The Morgan fingerprint density at radius 3 is 2.57 bits per heavy atom. The summed E-state index contributed by atoms with van der Waals surface area (Å²) in [7, 11) is -1.50. The van der Waals surface area contributed by atoms with E-state index < -0.39 is 10.0 Å². The average Bonchev–Trinajstić information content (AvgIpc) is 2.80. The van der Waals surface area contributed by atoms with Crippen molar-refractivity contribution in [2.75, 3.05) is 13.6 Å². The molecule has 2 rings (SSSR count). The molecule has 1 aromatic heterocycles. The quantitative estimate of drug-likeness (QED) is 0.843. The van der Waals surface area contributed by atoms with Crippen LogP contribution in [0.5, 0.6) is 0 Å². The van der Waals surface area contributed by atoms with Crippen LogP contribution >= 0.6 is 11.3 Å². The van der Waals surface area contributed by atoms with Gasteiger partial charge in [0.15, 0.2) is 0 Å². The standard InChI is InChI=1S/C15H26N2O2S2/c1-11-4-6-13(7-5-11)9-17-21(18,19)15-8-14(10-16-3)20-12(15)2/h8,11,13,16-17H,4-7,9-10H2,1-3H3. The summed E-state index contributed by atoms with van der Waals surface area (Å²) in [6, 6.07) is 1.79. The lowest BCUT2D eigenvalue weighted by Gasteiger charge is -2.26. The number of hydrogen-bond donors (Lipinski definition) is 2. The third-order valence-corrected chi connectivity index (χ3v) is 6.99. The Morgan fingerprint density at radius 1 is 1.29 bits per heavy atom. The first-order chi connectivity index (χ1) is 9.92. The Hall–Kier alpha value is -0.430. The molecule has 1 aliphatic carbocycles. The highest BCUT2D eigenvalue weighted by atomic mass is 32.2. The molecule has 0 aliphatic heterocycles. The Kier molecular flexibility index (Phi) is 5.82. The first kappa shape index (κ1) is 16.9. The summed E-state index contributed by atoms with van der Waals surface area (Å²) in [5.41, 5.74) is 0. The minimum atomic E-state index is -3.37. The van der Waals surface area contributed by atoms with Gasteiger partial charge in [-0.25, -0.2) is 13.1 Å². The summed E-state index contributed by atoms with van der Waals surface area (Å²) >= 11 is 1.55. The SMILES string of the molecule is CNCc1cc(S(=O)(=O)NCC2CCC(C)CC2)c(C)s1. The van der Waals surface area contributed by atoms with Gasteiger partial charge in [-0.3, -0.25) is 0 Å². The molecule has 0 spiro atoms. The molecule has 2 N–H and O–H groups in total. The number of nitrogens with one attached hydrogen (secondary N) is 2. The molecule has 0 aromatic carbocycles. The molecular formula is C15H26N2O2S2. The molecule has 0 saturated heterocycles. The fourth-order valence-corrected chi connectivity index (χ4v) is 5.65. The Morgan fingerprint density at radius 2 is 1.95 bits per heavy atom. The number of sulfonamides is 1. The molecule has 4 nitrogen and oxygen atoms in total. The second-order valence-electron chi connectivity index (χ2n) is 6.14. The maximum atomic E-state index is 12.5. The van der Waals surface area contributed by atoms with Crippen LogP contribution in [0.25, 0.3) is 0 Å². The van der Waals surface area contributed by atoms with Gasteiger partial charge in [-0.15, -0.1) is 11.3 Å². The highest BCUT2D eigenvalue weighted by Gasteiger charge is 2.23. The smallest absolute Gasteiger partial charge is 0.241 e. The number of hydrogen-bond acceptors (Lipinski definition) is 4. The van der Waals surface area contributed by atoms with E-state index in [0.29, 0.717) is 23.9 Å². The summed E-state index contributed by atoms with van der Waals surface area (Å²) in [5.74, 6) is 1.28. The van der Waals surface area contributed by atoms with Crippen molar-refractivity contribution in [3.05, 3.63) is 15.8 Å². The largest absolute Gasteiger partial charge is 0.315 e. The van der Waals surface area contributed by atoms with Gasteiger partial charge in [0, 0.05) is 22.8 Å². The summed E-state index contributed by atoms with van der Waals surface area (Å²) in [6.45, 7) is 5.44. The van der Waals surface area contributed by atoms with Crippen LogP contribution in [-0.4, -0.2) is 22.0 Å². The highest BCUT2D eigenvalue weighted by Crippen LogP contribution is 2.29. The van der Waals surface area contributed by atoms with Crippen molar-refractivity contribution in [1.82, 2.24) is 10.0 Å². The van der Waals surface area contributed by atoms with Gasteiger partial charge in [0.05, 0.1) is 4.90 Å². The topological polar surface area (TPSA) is 58.2 Å². The Bertz CT molecular complexity index is 558. The molecule has 0 bridgehead atoms. The van der Waals surface area contributed by atoms with E-state index in [9.17, 15) is 8.42 Å². The molecule has 1 saturated carbocycles. The first-order valence-corrected chi connectivity index (χ1v) is 9.96. The minimum Gasteiger partial charge on any atom is -0.315 e. The predicted octanol–water partition coefficient (Wildman–Crippen LogP) is 2.88. The van der Waals surface area contributed by atoms with Gasteiger partial charge in [0.25, 0.3) is 0 Å². The molecule has 0 radical (unpaired) electrons. The van der Waals surface area contributed by atoms with E-state index in [1.165, 1.54) is 12.8 Å². The molecule has 1 fully saturated rings. The van der Waals surface area contributed by atoms with E-state index in [-0.39, 0.29) is 0 Å². The second-order valence-corrected chi connectivity index (χ2v) is 9.22. The lowest BCUT2D eigenvalue weighted by atomic mass is 9.83. The molecule has 6 heteroatoms. The van der Waals surface area contributed by atoms with E-state index in [4.69, 9.17) is 0 Å². The summed E-state index contributed by atoms with van der Waals surface area (Å²) in [6.07, 6.45) is 4.71. The molecule has 0 amide bonds. The summed E-state index contributed by atoms with van der Waals surface area (Å²) in [4.78, 5) is 2.37. The zero-order chi connectivity index (χ0) is 15.5. The van der Waals surface area contributed by atoms with Crippen LogP contribution in [0.4, 0.5) is 0 Å². The molecule has 0 atom stereocenters. The molecular weight excluding hydrogens is 304 g/mol. The van der Waals surface area contributed by atoms with Crippen molar-refractivity contribution in [3.63, 3.8) is 0 Å². The lowest BCUT2D eigenvalue weighted by Crippen LogP contribution is -2.31. The molecule has 0 unspecified atom stereocenters. The fraction of sp³-hybridized carbons (Fsp3) is 0.733. The third-order valence-electron chi connectivity index (χ3n) is 4.26. The van der Waals surface area contributed by atoms with E-state index >= 15 is 0 Å². The predicted molar refractivity (Wildman–Crippen MR) is 88.1 cm³/mol. The van der Waals surface area contributed by atoms with Crippen LogP contribution in [0, 0.1) is 18.8 Å².